The summed E-state index contributed by atoms with van der Waals surface area (Å²) in [7, 11) is 1.59. The predicted molar refractivity (Wildman–Crippen MR) is 110 cm³/mol. The summed E-state index contributed by atoms with van der Waals surface area (Å²) >= 11 is 0. The van der Waals surface area contributed by atoms with E-state index in [9.17, 15) is 13.6 Å². The molecule has 162 valence electrons. The first-order valence-electron chi connectivity index (χ1n) is 10.1. The number of aromatic nitrogens is 1. The zero-order chi connectivity index (χ0) is 22.1. The number of aryl methyl sites for hydroxylation is 1. The zero-order valence-electron chi connectivity index (χ0n) is 18.0. The largest absolute Gasteiger partial charge is 0.495 e. The molecule has 0 N–H and O–H groups in total. The molecule has 1 atom stereocenters. The number of benzene rings is 1. The van der Waals surface area contributed by atoms with Crippen molar-refractivity contribution in [1.82, 2.24) is 9.88 Å². The topological polar surface area (TPSA) is 51.7 Å². The number of carbonyl (C=O) groups is 1. The van der Waals surface area contributed by atoms with Gasteiger partial charge < -0.3 is 14.4 Å². The van der Waals surface area contributed by atoms with Crippen molar-refractivity contribution in [3.8, 4) is 11.5 Å². The first-order chi connectivity index (χ1) is 14.1. The van der Waals surface area contributed by atoms with Gasteiger partial charge in [0.2, 0.25) is 0 Å². The average molecular weight is 418 g/mol. The van der Waals surface area contributed by atoms with Crippen LogP contribution >= 0.6 is 0 Å². The molecule has 0 spiro atoms. The van der Waals surface area contributed by atoms with E-state index >= 15 is 0 Å². The van der Waals surface area contributed by atoms with E-state index in [4.69, 9.17) is 9.47 Å². The van der Waals surface area contributed by atoms with E-state index < -0.39 is 11.8 Å². The van der Waals surface area contributed by atoms with Gasteiger partial charge in [0.1, 0.15) is 23.8 Å². The second-order valence-electron chi connectivity index (χ2n) is 8.08. The van der Waals surface area contributed by atoms with Gasteiger partial charge in [-0.05, 0) is 54.7 Å². The Labute approximate surface area is 176 Å². The molecule has 7 heteroatoms. The number of rotatable bonds is 6. The fourth-order valence-corrected chi connectivity index (χ4v) is 3.96. The number of alkyl halides is 2. The number of amides is 1. The molecule has 1 aromatic heterocycles. The maximum atomic E-state index is 13.7. The molecule has 5 nitrogen and oxygen atoms in total. The summed E-state index contributed by atoms with van der Waals surface area (Å²) in [6, 6.07) is 8.97. The van der Waals surface area contributed by atoms with Crippen molar-refractivity contribution < 1.29 is 23.0 Å². The SMILES string of the molecule is COc1ccc(C)nc1COc1ccc2c(c1)CCN(C(=O)C(C)(F)F)[C@H]2C(C)C. The maximum absolute atomic E-state index is 13.7. The lowest BCUT2D eigenvalue weighted by molar-refractivity contribution is -0.159. The standard InChI is InChI=1S/C23H28F2N2O3/c1-14(2)21-18-8-7-17(30-13-19-20(29-5)9-6-15(3)26-19)12-16(18)10-11-27(21)22(28)23(4,24)25/h6-9,12,14,21H,10-11,13H2,1-5H3/t21-/m0/s1. The Morgan fingerprint density at radius 2 is 2.03 bits per heavy atom. The number of hydrogen-bond donors (Lipinski definition) is 0. The van der Waals surface area contributed by atoms with Crippen LogP contribution in [0, 0.1) is 12.8 Å². The summed E-state index contributed by atoms with van der Waals surface area (Å²) in [5, 5.41) is 0. The van der Waals surface area contributed by atoms with Crippen molar-refractivity contribution in [3.63, 3.8) is 0 Å². The molecule has 0 radical (unpaired) electrons. The Bertz CT molecular complexity index is 925. The Kier molecular flexibility index (Phi) is 6.29. The Morgan fingerprint density at radius 1 is 1.30 bits per heavy atom. The molecule has 0 unspecified atom stereocenters. The summed E-state index contributed by atoms with van der Waals surface area (Å²) in [5.41, 5.74) is 3.49. The Hall–Kier alpha value is -2.70. The van der Waals surface area contributed by atoms with E-state index in [-0.39, 0.29) is 25.1 Å². The first kappa shape index (κ1) is 22.0. The number of methoxy groups -OCH3 is 1. The molecule has 1 aliphatic rings. The van der Waals surface area contributed by atoms with Gasteiger partial charge in [-0.2, -0.15) is 8.78 Å². The fourth-order valence-electron chi connectivity index (χ4n) is 3.96. The monoisotopic (exact) mass is 418 g/mol. The number of hydrogen-bond acceptors (Lipinski definition) is 4. The van der Waals surface area contributed by atoms with Crippen LogP contribution in [0.5, 0.6) is 11.5 Å². The summed E-state index contributed by atoms with van der Waals surface area (Å²) in [6.07, 6.45) is 0.504. The predicted octanol–water partition coefficient (Wildman–Crippen LogP) is 4.71. The van der Waals surface area contributed by atoms with Crippen LogP contribution in [-0.2, 0) is 17.8 Å². The maximum Gasteiger partial charge on any atom is 0.322 e. The third-order valence-corrected chi connectivity index (χ3v) is 5.33. The summed E-state index contributed by atoms with van der Waals surface area (Å²) in [6.45, 7) is 6.95. The van der Waals surface area contributed by atoms with Crippen molar-refractivity contribution in [2.45, 2.75) is 52.7 Å². The van der Waals surface area contributed by atoms with Crippen LogP contribution in [0.3, 0.4) is 0 Å². The minimum absolute atomic E-state index is 0.00266. The van der Waals surface area contributed by atoms with E-state index in [0.717, 1.165) is 16.8 Å². The third-order valence-electron chi connectivity index (χ3n) is 5.33. The van der Waals surface area contributed by atoms with Crippen molar-refractivity contribution >= 4 is 5.91 Å². The molecule has 1 amide bonds. The average Bonchev–Trinajstić information content (AvgIpc) is 2.69. The molecule has 2 heterocycles. The highest BCUT2D eigenvalue weighted by atomic mass is 19.3. The summed E-state index contributed by atoms with van der Waals surface area (Å²) in [5.74, 6) is -3.17. The number of nitrogens with zero attached hydrogens (tertiary/aromatic N) is 2. The first-order valence-corrected chi connectivity index (χ1v) is 10.1. The normalized spacial score (nSPS) is 16.4. The van der Waals surface area contributed by atoms with Crippen LogP contribution in [0.15, 0.2) is 30.3 Å². The van der Waals surface area contributed by atoms with Crippen molar-refractivity contribution in [2.75, 3.05) is 13.7 Å². The van der Waals surface area contributed by atoms with Crippen LogP contribution in [0.1, 0.15) is 49.3 Å². The van der Waals surface area contributed by atoms with Gasteiger partial charge >= 0.3 is 5.92 Å². The summed E-state index contributed by atoms with van der Waals surface area (Å²) in [4.78, 5) is 18.1. The quantitative estimate of drug-likeness (QED) is 0.682. The van der Waals surface area contributed by atoms with E-state index in [1.807, 2.05) is 51.1 Å². The molecule has 2 aromatic rings. The van der Waals surface area contributed by atoms with Gasteiger partial charge in [-0.3, -0.25) is 9.78 Å². The number of pyridine rings is 1. The second kappa shape index (κ2) is 8.58. The van der Waals surface area contributed by atoms with E-state index in [1.54, 1.807) is 7.11 Å². The van der Waals surface area contributed by atoms with Crippen molar-refractivity contribution in [1.29, 1.82) is 0 Å². The lowest BCUT2D eigenvalue weighted by atomic mass is 9.85. The molecule has 0 bridgehead atoms. The molecular formula is C23H28F2N2O3. The van der Waals surface area contributed by atoms with E-state index in [0.29, 0.717) is 30.5 Å². The minimum Gasteiger partial charge on any atom is -0.495 e. The van der Waals surface area contributed by atoms with Crippen molar-refractivity contribution in [3.05, 3.63) is 52.8 Å². The van der Waals surface area contributed by atoms with Gasteiger partial charge in [0.15, 0.2) is 0 Å². The summed E-state index contributed by atoms with van der Waals surface area (Å²) < 4.78 is 38.7. The molecule has 3 rings (SSSR count). The van der Waals surface area contributed by atoms with Gasteiger partial charge in [-0.1, -0.05) is 19.9 Å². The van der Waals surface area contributed by atoms with E-state index in [2.05, 4.69) is 4.98 Å². The zero-order valence-corrected chi connectivity index (χ0v) is 18.0. The van der Waals surface area contributed by atoms with Gasteiger partial charge in [-0.15, -0.1) is 0 Å². The highest BCUT2D eigenvalue weighted by Gasteiger charge is 2.42. The number of ether oxygens (including phenoxy) is 2. The molecule has 0 saturated heterocycles. The highest BCUT2D eigenvalue weighted by Crippen LogP contribution is 2.38. The molecule has 30 heavy (non-hydrogen) atoms. The third kappa shape index (κ3) is 4.55. The van der Waals surface area contributed by atoms with E-state index in [1.165, 1.54) is 4.90 Å². The van der Waals surface area contributed by atoms with Crippen LogP contribution < -0.4 is 9.47 Å². The number of halogens is 2. The molecule has 0 fully saturated rings. The highest BCUT2D eigenvalue weighted by molar-refractivity contribution is 5.83. The second-order valence-corrected chi connectivity index (χ2v) is 8.08. The van der Waals surface area contributed by atoms with Gasteiger partial charge in [-0.25, -0.2) is 0 Å². The van der Waals surface area contributed by atoms with Crippen LogP contribution in [-0.4, -0.2) is 35.4 Å². The van der Waals surface area contributed by atoms with Gasteiger partial charge in [0.25, 0.3) is 5.91 Å². The van der Waals surface area contributed by atoms with Gasteiger partial charge in [0, 0.05) is 19.2 Å². The number of fused-ring (bicyclic) bond motifs is 1. The molecular weight excluding hydrogens is 390 g/mol. The Morgan fingerprint density at radius 3 is 2.67 bits per heavy atom. The van der Waals surface area contributed by atoms with Gasteiger partial charge in [0.05, 0.1) is 13.2 Å². The Balaban J connectivity index is 1.83. The van der Waals surface area contributed by atoms with Crippen molar-refractivity contribution in [2.24, 2.45) is 5.92 Å². The minimum atomic E-state index is -3.38. The van der Waals surface area contributed by atoms with Crippen LogP contribution in [0.25, 0.3) is 0 Å². The lowest BCUT2D eigenvalue weighted by Gasteiger charge is -2.40. The molecule has 1 aromatic carbocycles. The lowest BCUT2D eigenvalue weighted by Crippen LogP contribution is -2.48. The molecule has 0 aliphatic carbocycles. The van der Waals surface area contributed by atoms with Crippen LogP contribution in [0.2, 0.25) is 0 Å². The fraction of sp³-hybridized carbons (Fsp3) is 0.478. The van der Waals surface area contributed by atoms with Crippen LogP contribution in [0.4, 0.5) is 8.78 Å². The smallest absolute Gasteiger partial charge is 0.322 e. The number of carbonyl (C=O) groups excluding carboxylic acids is 1. The molecule has 1 aliphatic heterocycles. The molecule has 0 saturated carbocycles.